The molecule has 0 saturated carbocycles. The molecule has 0 aliphatic carbocycles. The van der Waals surface area contributed by atoms with E-state index >= 15 is 0 Å². The number of aromatic nitrogens is 1. The van der Waals surface area contributed by atoms with Gasteiger partial charge in [-0.1, -0.05) is 0 Å². The van der Waals surface area contributed by atoms with E-state index in [1.807, 2.05) is 0 Å². The summed E-state index contributed by atoms with van der Waals surface area (Å²) in [6.07, 6.45) is 4.53. The van der Waals surface area contributed by atoms with E-state index in [0.29, 0.717) is 24.3 Å². The van der Waals surface area contributed by atoms with Crippen molar-refractivity contribution in [2.24, 2.45) is 0 Å². The first kappa shape index (κ1) is 15.9. The number of hydrogen-bond donors (Lipinski definition) is 2. The average molecular weight is 328 g/mol. The number of rotatable bonds is 3. The molecule has 24 heavy (non-hydrogen) atoms. The summed E-state index contributed by atoms with van der Waals surface area (Å²) in [7, 11) is 0. The number of urea groups is 1. The molecule has 1 aliphatic heterocycles. The molecular formula is C17H17FN4O2. The molecule has 1 aliphatic rings. The predicted molar refractivity (Wildman–Crippen MR) is 88.0 cm³/mol. The third kappa shape index (κ3) is 3.68. The van der Waals surface area contributed by atoms with Crippen LogP contribution in [-0.4, -0.2) is 34.4 Å². The third-order valence-electron chi connectivity index (χ3n) is 3.86. The Balaban J connectivity index is 1.65. The highest BCUT2D eigenvalue weighted by Gasteiger charge is 2.34. The van der Waals surface area contributed by atoms with Crippen LogP contribution in [0.5, 0.6) is 0 Å². The van der Waals surface area contributed by atoms with E-state index in [1.54, 1.807) is 24.5 Å². The summed E-state index contributed by atoms with van der Waals surface area (Å²) < 4.78 is 12.9. The number of carbonyl (C=O) groups excluding carboxylic acids is 2. The van der Waals surface area contributed by atoms with Crippen molar-refractivity contribution in [2.75, 3.05) is 17.2 Å². The van der Waals surface area contributed by atoms with Gasteiger partial charge < -0.3 is 15.5 Å². The molecule has 0 bridgehead atoms. The zero-order chi connectivity index (χ0) is 16.9. The van der Waals surface area contributed by atoms with E-state index in [0.717, 1.165) is 6.42 Å². The lowest BCUT2D eigenvalue weighted by Crippen LogP contribution is -2.45. The Morgan fingerprint density at radius 3 is 2.42 bits per heavy atom. The Kier molecular flexibility index (Phi) is 4.69. The van der Waals surface area contributed by atoms with Crippen LogP contribution >= 0.6 is 0 Å². The first-order valence-corrected chi connectivity index (χ1v) is 7.67. The lowest BCUT2D eigenvalue weighted by Gasteiger charge is -2.24. The van der Waals surface area contributed by atoms with Crippen molar-refractivity contribution in [1.82, 2.24) is 9.88 Å². The van der Waals surface area contributed by atoms with Crippen LogP contribution in [-0.2, 0) is 4.79 Å². The fourth-order valence-corrected chi connectivity index (χ4v) is 2.67. The van der Waals surface area contributed by atoms with Crippen LogP contribution in [0.3, 0.4) is 0 Å². The van der Waals surface area contributed by atoms with Gasteiger partial charge >= 0.3 is 6.03 Å². The van der Waals surface area contributed by atoms with E-state index in [9.17, 15) is 14.0 Å². The standard InChI is InChI=1S/C17H17FN4O2/c18-12-3-5-13(6-4-12)21-17(24)22-11-1-2-15(22)16(23)20-14-7-9-19-10-8-14/h3-10,15H,1-2,11H2,(H,21,24)(H,19,20,23). The summed E-state index contributed by atoms with van der Waals surface area (Å²) in [6.45, 7) is 0.501. The van der Waals surface area contributed by atoms with Crippen LogP contribution in [0.2, 0.25) is 0 Å². The Morgan fingerprint density at radius 1 is 1.04 bits per heavy atom. The average Bonchev–Trinajstić information content (AvgIpc) is 3.08. The molecule has 7 heteroatoms. The van der Waals surface area contributed by atoms with Gasteiger partial charge in [0.2, 0.25) is 5.91 Å². The second-order valence-electron chi connectivity index (χ2n) is 5.51. The van der Waals surface area contributed by atoms with Crippen molar-refractivity contribution in [3.63, 3.8) is 0 Å². The normalized spacial score (nSPS) is 16.7. The SMILES string of the molecule is O=C(Nc1ccncc1)C1CCCN1C(=O)Nc1ccc(F)cc1. The van der Waals surface area contributed by atoms with Gasteiger partial charge in [0.15, 0.2) is 0 Å². The highest BCUT2D eigenvalue weighted by molar-refractivity contribution is 5.99. The maximum absolute atomic E-state index is 12.9. The second-order valence-corrected chi connectivity index (χ2v) is 5.51. The molecule has 1 aromatic carbocycles. The largest absolute Gasteiger partial charge is 0.324 e. The number of hydrogen-bond acceptors (Lipinski definition) is 3. The van der Waals surface area contributed by atoms with Crippen LogP contribution in [0, 0.1) is 5.82 Å². The molecule has 2 heterocycles. The molecule has 3 rings (SSSR count). The minimum atomic E-state index is -0.529. The van der Waals surface area contributed by atoms with Gasteiger partial charge in [-0.05, 0) is 49.2 Å². The van der Waals surface area contributed by atoms with Gasteiger partial charge in [-0.25, -0.2) is 9.18 Å². The maximum Gasteiger partial charge on any atom is 0.322 e. The fourth-order valence-electron chi connectivity index (χ4n) is 2.67. The number of likely N-dealkylation sites (tertiary alicyclic amines) is 1. The lowest BCUT2D eigenvalue weighted by atomic mass is 10.2. The molecule has 124 valence electrons. The van der Waals surface area contributed by atoms with Crippen LogP contribution in [0.4, 0.5) is 20.6 Å². The van der Waals surface area contributed by atoms with Crippen molar-refractivity contribution < 1.29 is 14.0 Å². The highest BCUT2D eigenvalue weighted by Crippen LogP contribution is 2.21. The third-order valence-corrected chi connectivity index (χ3v) is 3.86. The number of benzene rings is 1. The van der Waals surface area contributed by atoms with E-state index < -0.39 is 6.04 Å². The molecule has 1 fully saturated rings. The van der Waals surface area contributed by atoms with E-state index in [-0.39, 0.29) is 17.8 Å². The van der Waals surface area contributed by atoms with E-state index in [1.165, 1.54) is 29.2 Å². The van der Waals surface area contributed by atoms with Crippen LogP contribution in [0.25, 0.3) is 0 Å². The zero-order valence-corrected chi connectivity index (χ0v) is 12.9. The summed E-state index contributed by atoms with van der Waals surface area (Å²) in [4.78, 5) is 30.2. The molecule has 0 spiro atoms. The summed E-state index contributed by atoms with van der Waals surface area (Å²) in [5.74, 6) is -0.600. The number of nitrogens with zero attached hydrogens (tertiary/aromatic N) is 2. The number of carbonyl (C=O) groups is 2. The molecule has 2 N–H and O–H groups in total. The Hall–Kier alpha value is -2.96. The fraction of sp³-hybridized carbons (Fsp3) is 0.235. The summed E-state index contributed by atoms with van der Waals surface area (Å²) in [6, 6.07) is 7.99. The molecule has 3 amide bonds. The van der Waals surface area contributed by atoms with Crippen LogP contribution < -0.4 is 10.6 Å². The number of nitrogens with one attached hydrogen (secondary N) is 2. The molecule has 2 aromatic rings. The highest BCUT2D eigenvalue weighted by atomic mass is 19.1. The van der Waals surface area contributed by atoms with Gasteiger partial charge in [-0.3, -0.25) is 9.78 Å². The Morgan fingerprint density at radius 2 is 1.71 bits per heavy atom. The molecule has 1 atom stereocenters. The first-order chi connectivity index (χ1) is 11.6. The van der Waals surface area contributed by atoms with Gasteiger partial charge in [0.25, 0.3) is 0 Å². The van der Waals surface area contributed by atoms with Gasteiger partial charge in [0.1, 0.15) is 11.9 Å². The Bertz CT molecular complexity index is 721. The van der Waals surface area contributed by atoms with Crippen molar-refractivity contribution in [3.8, 4) is 0 Å². The number of halogens is 1. The summed E-state index contributed by atoms with van der Waals surface area (Å²) in [5, 5.41) is 5.48. The van der Waals surface area contributed by atoms with E-state index in [2.05, 4.69) is 15.6 Å². The molecule has 1 aromatic heterocycles. The van der Waals surface area contributed by atoms with Crippen molar-refractivity contribution in [3.05, 3.63) is 54.6 Å². The Labute approximate surface area is 138 Å². The summed E-state index contributed by atoms with van der Waals surface area (Å²) >= 11 is 0. The van der Waals surface area contributed by atoms with Gasteiger partial charge in [-0.15, -0.1) is 0 Å². The predicted octanol–water partition coefficient (Wildman–Crippen LogP) is 2.86. The van der Waals surface area contributed by atoms with Gasteiger partial charge in [-0.2, -0.15) is 0 Å². The topological polar surface area (TPSA) is 74.3 Å². The first-order valence-electron chi connectivity index (χ1n) is 7.67. The van der Waals surface area contributed by atoms with Gasteiger partial charge in [0, 0.05) is 30.3 Å². The number of amides is 3. The quantitative estimate of drug-likeness (QED) is 0.910. The van der Waals surface area contributed by atoms with Crippen LogP contribution in [0.15, 0.2) is 48.8 Å². The van der Waals surface area contributed by atoms with Crippen molar-refractivity contribution >= 4 is 23.3 Å². The number of anilines is 2. The van der Waals surface area contributed by atoms with E-state index in [4.69, 9.17) is 0 Å². The lowest BCUT2D eigenvalue weighted by molar-refractivity contribution is -0.119. The molecule has 6 nitrogen and oxygen atoms in total. The zero-order valence-electron chi connectivity index (χ0n) is 12.9. The minimum Gasteiger partial charge on any atom is -0.324 e. The number of pyridine rings is 1. The maximum atomic E-state index is 12.9. The molecule has 0 radical (unpaired) electrons. The molecular weight excluding hydrogens is 311 g/mol. The summed E-state index contributed by atoms with van der Waals surface area (Å²) in [5.41, 5.74) is 1.13. The van der Waals surface area contributed by atoms with Crippen LogP contribution in [0.1, 0.15) is 12.8 Å². The minimum absolute atomic E-state index is 0.229. The van der Waals surface area contributed by atoms with Crippen molar-refractivity contribution in [1.29, 1.82) is 0 Å². The van der Waals surface area contributed by atoms with Gasteiger partial charge in [0.05, 0.1) is 0 Å². The monoisotopic (exact) mass is 328 g/mol. The second kappa shape index (κ2) is 7.08. The molecule has 1 unspecified atom stereocenters. The smallest absolute Gasteiger partial charge is 0.322 e. The van der Waals surface area contributed by atoms with Crippen molar-refractivity contribution in [2.45, 2.75) is 18.9 Å². The molecule has 1 saturated heterocycles.